The zero-order valence-corrected chi connectivity index (χ0v) is 10.2. The molecule has 0 aliphatic carbocycles. The maximum absolute atomic E-state index is 6.09. The maximum Gasteiger partial charge on any atom is 0.182 e. The predicted molar refractivity (Wildman–Crippen MR) is 67.1 cm³/mol. The van der Waals surface area contributed by atoms with Gasteiger partial charge in [0, 0.05) is 23.8 Å². The smallest absolute Gasteiger partial charge is 0.182 e. The minimum atomic E-state index is 0.641. The van der Waals surface area contributed by atoms with E-state index in [-0.39, 0.29) is 0 Å². The lowest BCUT2D eigenvalue weighted by atomic mass is 10.2. The Morgan fingerprint density at radius 2 is 2.13 bits per heavy atom. The van der Waals surface area contributed by atoms with Crippen molar-refractivity contribution < 1.29 is 0 Å². The minimum Gasteiger partial charge on any atom is -0.365 e. The Morgan fingerprint density at radius 1 is 1.33 bits per heavy atom. The Morgan fingerprint density at radius 3 is 2.73 bits per heavy atom. The van der Waals surface area contributed by atoms with Gasteiger partial charge in [0.25, 0.3) is 0 Å². The molecule has 0 aliphatic heterocycles. The Balaban J connectivity index is 2.44. The molecule has 78 valence electrons. The average molecular weight is 259 g/mol. The van der Waals surface area contributed by atoms with Gasteiger partial charge in [0.2, 0.25) is 0 Å². The van der Waals surface area contributed by atoms with Crippen LogP contribution < -0.4 is 5.32 Å². The van der Waals surface area contributed by atoms with Crippen LogP contribution in [0.25, 0.3) is 10.4 Å². The van der Waals surface area contributed by atoms with Gasteiger partial charge in [-0.1, -0.05) is 40.6 Å². The molecule has 0 radical (unpaired) electrons. The van der Waals surface area contributed by atoms with Crippen molar-refractivity contribution in [1.29, 1.82) is 0 Å². The van der Waals surface area contributed by atoms with Crippen molar-refractivity contribution in [1.82, 2.24) is 4.98 Å². The zero-order chi connectivity index (χ0) is 10.8. The van der Waals surface area contributed by atoms with E-state index in [9.17, 15) is 0 Å². The molecule has 0 atom stereocenters. The van der Waals surface area contributed by atoms with Gasteiger partial charge in [-0.05, 0) is 12.1 Å². The summed E-state index contributed by atoms with van der Waals surface area (Å²) >= 11 is 13.5. The highest BCUT2D eigenvalue weighted by Gasteiger charge is 2.07. The van der Waals surface area contributed by atoms with Gasteiger partial charge < -0.3 is 5.32 Å². The fourth-order valence-electron chi connectivity index (χ4n) is 1.20. The van der Waals surface area contributed by atoms with Crippen LogP contribution in [-0.2, 0) is 0 Å². The Hall–Kier alpha value is -0.770. The number of thiazole rings is 1. The fraction of sp³-hybridized carbons (Fsp3) is 0.100. The molecule has 2 nitrogen and oxygen atoms in total. The van der Waals surface area contributed by atoms with Gasteiger partial charge in [0.1, 0.15) is 0 Å². The zero-order valence-electron chi connectivity index (χ0n) is 7.92. The van der Waals surface area contributed by atoms with E-state index in [2.05, 4.69) is 10.3 Å². The number of halogens is 2. The van der Waals surface area contributed by atoms with Crippen molar-refractivity contribution in [2.45, 2.75) is 0 Å². The van der Waals surface area contributed by atoms with Crippen molar-refractivity contribution in [2.75, 3.05) is 12.4 Å². The highest BCUT2D eigenvalue weighted by atomic mass is 35.5. The monoisotopic (exact) mass is 258 g/mol. The standard InChI is InChI=1S/C10H8Cl2N2S/c1-13-10-14-5-9(15-10)7-3-2-6(11)4-8(7)12/h2-5H,1H3,(H,13,14). The van der Waals surface area contributed by atoms with Gasteiger partial charge in [-0.25, -0.2) is 4.98 Å². The van der Waals surface area contributed by atoms with Gasteiger partial charge in [-0.2, -0.15) is 0 Å². The van der Waals surface area contributed by atoms with E-state index in [0.717, 1.165) is 15.6 Å². The van der Waals surface area contributed by atoms with Crippen molar-refractivity contribution >= 4 is 39.7 Å². The highest BCUT2D eigenvalue weighted by molar-refractivity contribution is 7.18. The number of anilines is 1. The summed E-state index contributed by atoms with van der Waals surface area (Å²) in [7, 11) is 1.84. The van der Waals surface area contributed by atoms with Crippen molar-refractivity contribution in [3.63, 3.8) is 0 Å². The number of nitrogens with one attached hydrogen (secondary N) is 1. The average Bonchev–Trinajstić information content (AvgIpc) is 2.66. The first kappa shape index (κ1) is 10.7. The molecule has 1 aromatic heterocycles. The second-order valence-electron chi connectivity index (χ2n) is 2.90. The summed E-state index contributed by atoms with van der Waals surface area (Å²) < 4.78 is 0. The molecule has 0 fully saturated rings. The first-order valence-electron chi connectivity index (χ1n) is 4.29. The lowest BCUT2D eigenvalue weighted by Crippen LogP contribution is -1.83. The number of hydrogen-bond acceptors (Lipinski definition) is 3. The first-order chi connectivity index (χ1) is 7.20. The largest absolute Gasteiger partial charge is 0.365 e. The van der Waals surface area contributed by atoms with E-state index in [1.54, 1.807) is 23.6 Å². The third-order valence-electron chi connectivity index (χ3n) is 1.92. The van der Waals surface area contributed by atoms with Crippen LogP contribution >= 0.6 is 34.5 Å². The molecule has 1 N–H and O–H groups in total. The second-order valence-corrected chi connectivity index (χ2v) is 4.78. The quantitative estimate of drug-likeness (QED) is 0.875. The Kier molecular flexibility index (Phi) is 3.14. The number of hydrogen-bond donors (Lipinski definition) is 1. The molecule has 2 rings (SSSR count). The van der Waals surface area contributed by atoms with Crippen LogP contribution in [0.1, 0.15) is 0 Å². The van der Waals surface area contributed by atoms with E-state index >= 15 is 0 Å². The van der Waals surface area contributed by atoms with Crippen LogP contribution in [0.3, 0.4) is 0 Å². The molecular formula is C10H8Cl2N2S. The minimum absolute atomic E-state index is 0.641. The van der Waals surface area contributed by atoms with Crippen LogP contribution in [-0.4, -0.2) is 12.0 Å². The summed E-state index contributed by atoms with van der Waals surface area (Å²) in [6, 6.07) is 5.45. The number of nitrogens with zero attached hydrogens (tertiary/aromatic N) is 1. The van der Waals surface area contributed by atoms with Crippen LogP contribution in [0.2, 0.25) is 10.0 Å². The van der Waals surface area contributed by atoms with Gasteiger partial charge >= 0.3 is 0 Å². The summed E-state index contributed by atoms with van der Waals surface area (Å²) in [5.74, 6) is 0. The van der Waals surface area contributed by atoms with Crippen LogP contribution in [0.5, 0.6) is 0 Å². The molecule has 0 amide bonds. The number of aromatic nitrogens is 1. The van der Waals surface area contributed by atoms with E-state index in [0.29, 0.717) is 10.0 Å². The molecule has 0 aliphatic rings. The van der Waals surface area contributed by atoms with Crippen LogP contribution in [0.15, 0.2) is 24.4 Å². The molecule has 1 aromatic carbocycles. The molecule has 0 saturated heterocycles. The first-order valence-corrected chi connectivity index (χ1v) is 5.87. The third-order valence-corrected chi connectivity index (χ3v) is 3.51. The molecule has 0 unspecified atom stereocenters. The highest BCUT2D eigenvalue weighted by Crippen LogP contribution is 2.34. The molecule has 2 aromatic rings. The van der Waals surface area contributed by atoms with Gasteiger partial charge in [0.15, 0.2) is 5.13 Å². The molecule has 0 bridgehead atoms. The molecule has 15 heavy (non-hydrogen) atoms. The summed E-state index contributed by atoms with van der Waals surface area (Å²) in [6.45, 7) is 0. The topological polar surface area (TPSA) is 24.9 Å². The van der Waals surface area contributed by atoms with E-state index in [1.807, 2.05) is 19.2 Å². The lowest BCUT2D eigenvalue weighted by Gasteiger charge is -2.00. The molecule has 5 heteroatoms. The molecule has 0 spiro atoms. The van der Waals surface area contributed by atoms with Gasteiger partial charge in [-0.3, -0.25) is 0 Å². The second kappa shape index (κ2) is 4.39. The van der Waals surface area contributed by atoms with Gasteiger partial charge in [0.05, 0.1) is 9.90 Å². The summed E-state index contributed by atoms with van der Waals surface area (Å²) in [5.41, 5.74) is 0.958. The molecular weight excluding hydrogens is 251 g/mol. The normalized spacial score (nSPS) is 10.3. The summed E-state index contributed by atoms with van der Waals surface area (Å²) in [4.78, 5) is 5.22. The van der Waals surface area contributed by atoms with Crippen molar-refractivity contribution in [3.05, 3.63) is 34.4 Å². The SMILES string of the molecule is CNc1ncc(-c2ccc(Cl)cc2Cl)s1. The third kappa shape index (κ3) is 2.25. The molecule has 0 saturated carbocycles. The summed E-state index contributed by atoms with van der Waals surface area (Å²) in [6.07, 6.45) is 1.80. The van der Waals surface area contributed by atoms with Crippen LogP contribution in [0, 0.1) is 0 Å². The fourth-order valence-corrected chi connectivity index (χ4v) is 2.58. The molecule has 1 heterocycles. The number of benzene rings is 1. The Bertz CT molecular complexity index is 482. The van der Waals surface area contributed by atoms with Crippen LogP contribution in [0.4, 0.5) is 5.13 Å². The maximum atomic E-state index is 6.09. The predicted octanol–water partition coefficient (Wildman–Crippen LogP) is 4.16. The Labute approximate surface area is 102 Å². The van der Waals surface area contributed by atoms with E-state index in [1.165, 1.54) is 0 Å². The summed E-state index contributed by atoms with van der Waals surface area (Å²) in [5, 5.41) is 5.15. The van der Waals surface area contributed by atoms with E-state index < -0.39 is 0 Å². The lowest BCUT2D eigenvalue weighted by molar-refractivity contribution is 1.37. The van der Waals surface area contributed by atoms with E-state index in [4.69, 9.17) is 23.2 Å². The van der Waals surface area contributed by atoms with Crippen molar-refractivity contribution in [2.24, 2.45) is 0 Å². The number of rotatable bonds is 2. The van der Waals surface area contributed by atoms with Gasteiger partial charge in [-0.15, -0.1) is 0 Å². The van der Waals surface area contributed by atoms with Crippen molar-refractivity contribution in [3.8, 4) is 10.4 Å².